The number of amides is 1. The molecule has 2 aromatic rings. The van der Waals surface area contributed by atoms with E-state index in [1.54, 1.807) is 12.1 Å². The molecule has 0 saturated carbocycles. The highest BCUT2D eigenvalue weighted by Crippen LogP contribution is 2.32. The molecule has 0 aliphatic rings. The number of carbonyl (C=O) groups is 1. The number of nitrogens with one attached hydrogen (secondary N) is 1. The number of benzene rings is 2. The molecule has 0 bridgehead atoms. The largest absolute Gasteiger partial charge is 0.497 e. The van der Waals surface area contributed by atoms with Gasteiger partial charge in [-0.3, -0.25) is 25.0 Å². The highest BCUT2D eigenvalue weighted by Gasteiger charge is 2.25. The molecule has 10 heteroatoms. The van der Waals surface area contributed by atoms with Gasteiger partial charge in [0.15, 0.2) is 0 Å². The monoisotopic (exact) mass is 361 g/mol. The quantitative estimate of drug-likeness (QED) is 0.617. The maximum absolute atomic E-state index is 12.6. The smallest absolute Gasteiger partial charge is 0.279 e. The average Bonchev–Trinajstić information content (AvgIpc) is 2.61. The van der Waals surface area contributed by atoms with E-state index in [1.807, 2.05) is 0 Å². The van der Waals surface area contributed by atoms with Crippen molar-refractivity contribution in [3.63, 3.8) is 0 Å². The molecule has 2 rings (SSSR count). The SMILES string of the molecule is COc1ccc(OC)c(NC(=O)c2cc([N+](=O)[O-])cc([N+](=O)[O-])c2C)c1. The number of non-ortho nitro benzene ring substituents is 1. The van der Waals surface area contributed by atoms with Crippen LogP contribution in [0.15, 0.2) is 30.3 Å². The normalized spacial score (nSPS) is 10.1. The van der Waals surface area contributed by atoms with E-state index in [-0.39, 0.29) is 16.8 Å². The molecular formula is C16H15N3O7. The highest BCUT2D eigenvalue weighted by atomic mass is 16.6. The van der Waals surface area contributed by atoms with Crippen LogP contribution >= 0.6 is 0 Å². The van der Waals surface area contributed by atoms with Crippen LogP contribution in [0.3, 0.4) is 0 Å². The minimum absolute atomic E-state index is 0.0139. The van der Waals surface area contributed by atoms with E-state index in [0.29, 0.717) is 11.5 Å². The molecule has 26 heavy (non-hydrogen) atoms. The minimum Gasteiger partial charge on any atom is -0.497 e. The van der Waals surface area contributed by atoms with Crippen LogP contribution in [0.25, 0.3) is 0 Å². The summed E-state index contributed by atoms with van der Waals surface area (Å²) in [5.74, 6) is 0.0282. The van der Waals surface area contributed by atoms with Crippen LogP contribution < -0.4 is 14.8 Å². The zero-order chi connectivity index (χ0) is 19.4. The molecule has 1 N–H and O–H groups in total. The number of hydrogen-bond acceptors (Lipinski definition) is 7. The third-order valence-electron chi connectivity index (χ3n) is 3.67. The molecule has 0 saturated heterocycles. The van der Waals surface area contributed by atoms with Crippen molar-refractivity contribution in [2.45, 2.75) is 6.92 Å². The molecule has 0 aliphatic carbocycles. The van der Waals surface area contributed by atoms with Crippen molar-refractivity contribution in [2.75, 3.05) is 19.5 Å². The Balaban J connectivity index is 2.50. The van der Waals surface area contributed by atoms with Gasteiger partial charge in [-0.05, 0) is 19.1 Å². The Morgan fingerprint density at radius 1 is 1.04 bits per heavy atom. The fourth-order valence-corrected chi connectivity index (χ4v) is 2.32. The van der Waals surface area contributed by atoms with Crippen LogP contribution in [0.4, 0.5) is 17.1 Å². The van der Waals surface area contributed by atoms with Gasteiger partial charge in [-0.1, -0.05) is 0 Å². The number of carbonyl (C=O) groups excluding carboxylic acids is 1. The summed E-state index contributed by atoms with van der Waals surface area (Å²) < 4.78 is 10.2. The molecule has 136 valence electrons. The van der Waals surface area contributed by atoms with Crippen LogP contribution in [-0.2, 0) is 0 Å². The topological polar surface area (TPSA) is 134 Å². The summed E-state index contributed by atoms with van der Waals surface area (Å²) in [5.41, 5.74) is -0.979. The molecular weight excluding hydrogens is 346 g/mol. The first-order valence-electron chi connectivity index (χ1n) is 7.25. The van der Waals surface area contributed by atoms with E-state index in [1.165, 1.54) is 27.2 Å². The second-order valence-corrected chi connectivity index (χ2v) is 5.17. The number of nitro groups is 2. The van der Waals surface area contributed by atoms with Gasteiger partial charge in [-0.15, -0.1) is 0 Å². The molecule has 0 fully saturated rings. The maximum atomic E-state index is 12.6. The highest BCUT2D eigenvalue weighted by molar-refractivity contribution is 6.07. The molecule has 0 spiro atoms. The first kappa shape index (κ1) is 18.6. The number of hydrogen-bond donors (Lipinski definition) is 1. The van der Waals surface area contributed by atoms with Gasteiger partial charge in [0, 0.05) is 17.7 Å². The predicted molar refractivity (Wildman–Crippen MR) is 92.0 cm³/mol. The van der Waals surface area contributed by atoms with Crippen molar-refractivity contribution in [1.29, 1.82) is 0 Å². The molecule has 0 aromatic heterocycles. The predicted octanol–water partition coefficient (Wildman–Crippen LogP) is 3.08. The van der Waals surface area contributed by atoms with E-state index < -0.39 is 27.1 Å². The van der Waals surface area contributed by atoms with Gasteiger partial charge in [0.2, 0.25) is 0 Å². The molecule has 0 radical (unpaired) electrons. The molecule has 0 heterocycles. The van der Waals surface area contributed by atoms with E-state index >= 15 is 0 Å². The van der Waals surface area contributed by atoms with Crippen molar-refractivity contribution >= 4 is 23.0 Å². The first-order chi connectivity index (χ1) is 12.3. The number of rotatable bonds is 6. The fourth-order valence-electron chi connectivity index (χ4n) is 2.32. The number of ether oxygens (including phenoxy) is 2. The van der Waals surface area contributed by atoms with Crippen LogP contribution in [0.1, 0.15) is 15.9 Å². The third kappa shape index (κ3) is 3.69. The Morgan fingerprint density at radius 3 is 2.27 bits per heavy atom. The van der Waals surface area contributed by atoms with Gasteiger partial charge in [0.1, 0.15) is 11.5 Å². The van der Waals surface area contributed by atoms with Crippen molar-refractivity contribution in [3.05, 3.63) is 61.7 Å². The summed E-state index contributed by atoms with van der Waals surface area (Å²) >= 11 is 0. The summed E-state index contributed by atoms with van der Waals surface area (Å²) in [4.78, 5) is 33.2. The molecule has 0 atom stereocenters. The van der Waals surface area contributed by atoms with Crippen molar-refractivity contribution in [1.82, 2.24) is 0 Å². The van der Waals surface area contributed by atoms with Crippen molar-refractivity contribution in [3.8, 4) is 11.5 Å². The van der Waals surface area contributed by atoms with E-state index in [4.69, 9.17) is 9.47 Å². The molecule has 0 aliphatic heterocycles. The Labute approximate surface area is 147 Å². The average molecular weight is 361 g/mol. The van der Waals surface area contributed by atoms with Crippen LogP contribution in [0, 0.1) is 27.2 Å². The van der Waals surface area contributed by atoms with Crippen molar-refractivity contribution < 1.29 is 24.1 Å². The third-order valence-corrected chi connectivity index (χ3v) is 3.67. The molecule has 1 amide bonds. The summed E-state index contributed by atoms with van der Waals surface area (Å²) in [6.45, 7) is 1.35. The zero-order valence-electron chi connectivity index (χ0n) is 14.1. The maximum Gasteiger partial charge on any atom is 0.279 e. The van der Waals surface area contributed by atoms with Crippen LogP contribution in [0.5, 0.6) is 11.5 Å². The van der Waals surface area contributed by atoms with Gasteiger partial charge >= 0.3 is 0 Å². The van der Waals surface area contributed by atoms with Gasteiger partial charge in [-0.2, -0.15) is 0 Å². The van der Waals surface area contributed by atoms with E-state index in [0.717, 1.165) is 12.1 Å². The lowest BCUT2D eigenvalue weighted by Gasteiger charge is -2.12. The minimum atomic E-state index is -0.796. The Hall–Kier alpha value is -3.69. The first-order valence-corrected chi connectivity index (χ1v) is 7.25. The van der Waals surface area contributed by atoms with Gasteiger partial charge in [0.25, 0.3) is 17.3 Å². The van der Waals surface area contributed by atoms with Crippen molar-refractivity contribution in [2.24, 2.45) is 0 Å². The van der Waals surface area contributed by atoms with Crippen LogP contribution in [-0.4, -0.2) is 30.0 Å². The summed E-state index contributed by atoms with van der Waals surface area (Å²) in [6, 6.07) is 6.50. The lowest BCUT2D eigenvalue weighted by molar-refractivity contribution is -0.394. The summed E-state index contributed by atoms with van der Waals surface area (Å²) in [6.07, 6.45) is 0. The second-order valence-electron chi connectivity index (χ2n) is 5.17. The van der Waals surface area contributed by atoms with Gasteiger partial charge < -0.3 is 14.8 Å². The Morgan fingerprint density at radius 2 is 1.73 bits per heavy atom. The van der Waals surface area contributed by atoms with Gasteiger partial charge in [-0.25, -0.2) is 0 Å². The Bertz CT molecular complexity index is 896. The molecule has 0 unspecified atom stereocenters. The number of anilines is 1. The van der Waals surface area contributed by atoms with E-state index in [2.05, 4.69) is 5.32 Å². The van der Waals surface area contributed by atoms with Gasteiger partial charge in [0.05, 0.1) is 41.4 Å². The molecule has 2 aromatic carbocycles. The fraction of sp³-hybridized carbons (Fsp3) is 0.188. The zero-order valence-corrected chi connectivity index (χ0v) is 14.1. The number of methoxy groups -OCH3 is 2. The van der Waals surface area contributed by atoms with Crippen LogP contribution in [0.2, 0.25) is 0 Å². The Kier molecular flexibility index (Phi) is 5.36. The lowest BCUT2D eigenvalue weighted by Crippen LogP contribution is -2.15. The molecule has 10 nitrogen and oxygen atoms in total. The number of nitro benzene ring substituents is 2. The second kappa shape index (κ2) is 7.47. The summed E-state index contributed by atoms with van der Waals surface area (Å²) in [5, 5.41) is 24.7. The standard InChI is InChI=1S/C16H15N3O7/c1-9-12(6-10(18(21)22)7-14(9)19(23)24)16(20)17-13-8-11(25-2)4-5-15(13)26-3/h4-8H,1-3H3,(H,17,20). The number of nitrogens with zero attached hydrogens (tertiary/aromatic N) is 2. The van der Waals surface area contributed by atoms with E-state index in [9.17, 15) is 25.0 Å². The summed E-state index contributed by atoms with van der Waals surface area (Å²) in [7, 11) is 2.85. The lowest BCUT2D eigenvalue weighted by atomic mass is 10.0.